The molecule has 2 N–H and O–H groups in total. The third-order valence-corrected chi connectivity index (χ3v) is 4.14. The highest BCUT2D eigenvalue weighted by Crippen LogP contribution is 2.19. The van der Waals surface area contributed by atoms with Crippen molar-refractivity contribution in [3.8, 4) is 0 Å². The van der Waals surface area contributed by atoms with Crippen molar-refractivity contribution >= 4 is 17.4 Å². The van der Waals surface area contributed by atoms with Crippen LogP contribution in [-0.2, 0) is 4.79 Å². The largest absolute Gasteiger partial charge is 0.389 e. The molecule has 0 aromatic carbocycles. The van der Waals surface area contributed by atoms with Crippen LogP contribution >= 0.6 is 0 Å². The van der Waals surface area contributed by atoms with E-state index in [1.807, 2.05) is 24.0 Å². The molecule has 0 spiro atoms. The van der Waals surface area contributed by atoms with Gasteiger partial charge in [-0.25, -0.2) is 4.98 Å². The average molecular weight is 334 g/mol. The number of nitrogens with zero attached hydrogens (tertiary/aromatic N) is 3. The van der Waals surface area contributed by atoms with E-state index < -0.39 is 5.60 Å². The van der Waals surface area contributed by atoms with Gasteiger partial charge in [0.2, 0.25) is 5.91 Å². The topological polar surface area (TPSA) is 68.7 Å². The molecule has 0 atom stereocenters. The van der Waals surface area contributed by atoms with E-state index in [1.165, 1.54) is 19.3 Å². The number of hydrogen-bond donors (Lipinski definition) is 2. The molecule has 0 radical (unpaired) electrons. The van der Waals surface area contributed by atoms with Crippen molar-refractivity contribution in [2.24, 2.45) is 0 Å². The molecular formula is C18H30N4O2. The minimum Gasteiger partial charge on any atom is -0.389 e. The van der Waals surface area contributed by atoms with Gasteiger partial charge in [0.25, 0.3) is 0 Å². The number of rotatable bonds is 7. The highest BCUT2D eigenvalue weighted by Gasteiger charge is 2.19. The molecule has 134 valence electrons. The Morgan fingerprint density at radius 2 is 2.04 bits per heavy atom. The first-order chi connectivity index (χ1) is 11.4. The van der Waals surface area contributed by atoms with Gasteiger partial charge in [-0.3, -0.25) is 9.69 Å². The normalized spacial score (nSPS) is 15.6. The molecule has 24 heavy (non-hydrogen) atoms. The monoisotopic (exact) mass is 334 g/mol. The van der Waals surface area contributed by atoms with Gasteiger partial charge < -0.3 is 15.3 Å². The first-order valence-electron chi connectivity index (χ1n) is 8.83. The molecule has 0 saturated carbocycles. The molecule has 2 heterocycles. The fraction of sp³-hybridized carbons (Fsp3) is 0.667. The predicted octanol–water partition coefficient (Wildman–Crippen LogP) is 2.10. The van der Waals surface area contributed by atoms with Crippen LogP contribution in [0, 0.1) is 0 Å². The Morgan fingerprint density at radius 3 is 2.58 bits per heavy atom. The SMILES string of the molecule is CCN(CC(=O)Nc1ccc(N2CCCCC2)nc1)CC(C)(C)O. The highest BCUT2D eigenvalue weighted by atomic mass is 16.3. The Kier molecular flexibility index (Phi) is 6.57. The van der Waals surface area contributed by atoms with Gasteiger partial charge in [0.15, 0.2) is 0 Å². The zero-order valence-corrected chi connectivity index (χ0v) is 15.1. The third kappa shape index (κ3) is 6.09. The zero-order valence-electron chi connectivity index (χ0n) is 15.1. The average Bonchev–Trinajstić information content (AvgIpc) is 2.54. The molecule has 0 bridgehead atoms. The number of amides is 1. The molecule has 1 aromatic heterocycles. The smallest absolute Gasteiger partial charge is 0.238 e. The summed E-state index contributed by atoms with van der Waals surface area (Å²) < 4.78 is 0. The van der Waals surface area contributed by atoms with E-state index >= 15 is 0 Å². The predicted molar refractivity (Wildman–Crippen MR) is 97.3 cm³/mol. The van der Waals surface area contributed by atoms with Crippen LogP contribution in [0.1, 0.15) is 40.0 Å². The summed E-state index contributed by atoms with van der Waals surface area (Å²) in [4.78, 5) is 20.9. The van der Waals surface area contributed by atoms with Crippen LogP contribution < -0.4 is 10.2 Å². The zero-order chi connectivity index (χ0) is 17.6. The van der Waals surface area contributed by atoms with Gasteiger partial charge in [0.05, 0.1) is 24.0 Å². The molecule has 1 saturated heterocycles. The number of likely N-dealkylation sites (N-methyl/N-ethyl adjacent to an activating group) is 1. The fourth-order valence-corrected chi connectivity index (χ4v) is 3.00. The van der Waals surface area contributed by atoms with Gasteiger partial charge in [-0.1, -0.05) is 6.92 Å². The van der Waals surface area contributed by atoms with E-state index in [2.05, 4.69) is 15.2 Å². The number of anilines is 2. The molecule has 1 aliphatic heterocycles. The molecule has 2 rings (SSSR count). The molecule has 6 nitrogen and oxygen atoms in total. The lowest BCUT2D eigenvalue weighted by atomic mass is 10.1. The number of nitrogens with one attached hydrogen (secondary N) is 1. The molecule has 1 fully saturated rings. The van der Waals surface area contributed by atoms with Gasteiger partial charge in [-0.15, -0.1) is 0 Å². The molecule has 1 aliphatic rings. The van der Waals surface area contributed by atoms with E-state index in [4.69, 9.17) is 0 Å². The number of piperidine rings is 1. The fourth-order valence-electron chi connectivity index (χ4n) is 3.00. The Hall–Kier alpha value is -1.66. The van der Waals surface area contributed by atoms with Gasteiger partial charge in [-0.05, 0) is 51.8 Å². The van der Waals surface area contributed by atoms with E-state index in [9.17, 15) is 9.90 Å². The van der Waals surface area contributed by atoms with Crippen molar-refractivity contribution in [2.75, 3.05) is 42.9 Å². The van der Waals surface area contributed by atoms with Crippen molar-refractivity contribution < 1.29 is 9.90 Å². The highest BCUT2D eigenvalue weighted by molar-refractivity contribution is 5.92. The summed E-state index contributed by atoms with van der Waals surface area (Å²) in [6, 6.07) is 3.87. The van der Waals surface area contributed by atoms with Crippen LogP contribution in [0.2, 0.25) is 0 Å². The minimum atomic E-state index is -0.812. The Balaban J connectivity index is 1.87. The Labute approximate surface area is 144 Å². The molecule has 0 unspecified atom stereocenters. The first kappa shape index (κ1) is 18.7. The molecule has 6 heteroatoms. The van der Waals surface area contributed by atoms with Crippen molar-refractivity contribution in [1.29, 1.82) is 0 Å². The van der Waals surface area contributed by atoms with Crippen LogP contribution in [0.4, 0.5) is 11.5 Å². The van der Waals surface area contributed by atoms with E-state index in [-0.39, 0.29) is 12.5 Å². The second kappa shape index (κ2) is 8.44. The lowest BCUT2D eigenvalue weighted by Gasteiger charge is -2.28. The summed E-state index contributed by atoms with van der Waals surface area (Å²) in [5.41, 5.74) is -0.103. The van der Waals surface area contributed by atoms with Gasteiger partial charge >= 0.3 is 0 Å². The standard InChI is InChI=1S/C18H30N4O2/c1-4-21(14-18(2,3)24)13-17(23)20-15-8-9-16(19-12-15)22-10-6-5-7-11-22/h8-9,12,24H,4-7,10-11,13-14H2,1-3H3,(H,20,23). The van der Waals surface area contributed by atoms with Gasteiger partial charge in [-0.2, -0.15) is 0 Å². The number of pyridine rings is 1. The van der Waals surface area contributed by atoms with Crippen molar-refractivity contribution in [2.45, 2.75) is 45.6 Å². The maximum absolute atomic E-state index is 12.2. The van der Waals surface area contributed by atoms with Gasteiger partial charge in [0, 0.05) is 19.6 Å². The minimum absolute atomic E-state index is 0.0892. The third-order valence-electron chi connectivity index (χ3n) is 4.14. The van der Waals surface area contributed by atoms with Crippen LogP contribution in [-0.4, -0.2) is 59.2 Å². The second-order valence-corrected chi connectivity index (χ2v) is 7.12. The van der Waals surface area contributed by atoms with Crippen molar-refractivity contribution in [3.63, 3.8) is 0 Å². The van der Waals surface area contributed by atoms with E-state index in [0.717, 1.165) is 18.9 Å². The molecule has 1 aromatic rings. The van der Waals surface area contributed by atoms with Crippen LogP contribution in [0.3, 0.4) is 0 Å². The summed E-state index contributed by atoms with van der Waals surface area (Å²) in [5, 5.41) is 12.8. The van der Waals surface area contributed by atoms with Gasteiger partial charge in [0.1, 0.15) is 5.82 Å². The lowest BCUT2D eigenvalue weighted by Crippen LogP contribution is -2.42. The van der Waals surface area contributed by atoms with Crippen LogP contribution in [0.5, 0.6) is 0 Å². The molecular weight excluding hydrogens is 304 g/mol. The molecule has 0 aliphatic carbocycles. The molecule has 1 amide bonds. The van der Waals surface area contributed by atoms with Crippen LogP contribution in [0.25, 0.3) is 0 Å². The van der Waals surface area contributed by atoms with Crippen molar-refractivity contribution in [3.05, 3.63) is 18.3 Å². The maximum atomic E-state index is 12.2. The second-order valence-electron chi connectivity index (χ2n) is 7.12. The summed E-state index contributed by atoms with van der Waals surface area (Å²) >= 11 is 0. The van der Waals surface area contributed by atoms with Crippen molar-refractivity contribution in [1.82, 2.24) is 9.88 Å². The van der Waals surface area contributed by atoms with E-state index in [0.29, 0.717) is 18.8 Å². The number of aromatic nitrogens is 1. The van der Waals surface area contributed by atoms with Crippen LogP contribution in [0.15, 0.2) is 18.3 Å². The first-order valence-corrected chi connectivity index (χ1v) is 8.83. The number of carbonyl (C=O) groups is 1. The maximum Gasteiger partial charge on any atom is 0.238 e. The Bertz CT molecular complexity index is 519. The number of hydrogen-bond acceptors (Lipinski definition) is 5. The quantitative estimate of drug-likeness (QED) is 0.799. The number of aliphatic hydroxyl groups is 1. The summed E-state index contributed by atoms with van der Waals surface area (Å²) in [7, 11) is 0. The number of carbonyl (C=O) groups excluding carboxylic acids is 1. The summed E-state index contributed by atoms with van der Waals surface area (Å²) in [5.74, 6) is 0.888. The Morgan fingerprint density at radius 1 is 1.33 bits per heavy atom. The summed E-state index contributed by atoms with van der Waals surface area (Å²) in [6.07, 6.45) is 5.44. The summed E-state index contributed by atoms with van der Waals surface area (Å²) in [6.45, 7) is 9.02. The van der Waals surface area contributed by atoms with E-state index in [1.54, 1.807) is 20.0 Å². The lowest BCUT2D eigenvalue weighted by molar-refractivity contribution is -0.117.